The van der Waals surface area contributed by atoms with E-state index in [1.165, 1.54) is 18.0 Å². The average Bonchev–Trinajstić information content (AvgIpc) is 2.35. The van der Waals surface area contributed by atoms with Crippen LogP contribution in [0.1, 0.15) is 0 Å². The third kappa shape index (κ3) is 1.96. The first-order chi connectivity index (χ1) is 5.22. The first-order valence-electron chi connectivity index (χ1n) is 2.97. The molecule has 5 nitrogen and oxygen atoms in total. The molecule has 0 aromatic carbocycles. The maximum atomic E-state index is 10.5. The van der Waals surface area contributed by atoms with Crippen LogP contribution in [-0.4, -0.2) is 23.0 Å². The van der Waals surface area contributed by atoms with Crippen molar-refractivity contribution in [1.29, 1.82) is 0 Å². The lowest BCUT2D eigenvalue weighted by molar-refractivity contribution is 0.121. The van der Waals surface area contributed by atoms with E-state index in [0.29, 0.717) is 5.75 Å². The van der Waals surface area contributed by atoms with Crippen LogP contribution in [0, 0.1) is 0 Å². The maximum absolute atomic E-state index is 10.5. The Morgan fingerprint density at radius 3 is 2.91 bits per heavy atom. The zero-order valence-corrected chi connectivity index (χ0v) is 6.27. The summed E-state index contributed by atoms with van der Waals surface area (Å²) >= 11 is 0. The van der Waals surface area contributed by atoms with Gasteiger partial charge in [0.25, 0.3) is 0 Å². The summed E-state index contributed by atoms with van der Waals surface area (Å²) in [5.74, 6) is 0.374. The summed E-state index contributed by atoms with van der Waals surface area (Å²) in [4.78, 5) is 10.5. The molecule has 0 saturated heterocycles. The number of hydrogen-bond acceptors (Lipinski definition) is 4. The van der Waals surface area contributed by atoms with E-state index in [0.717, 1.165) is 0 Å². The van der Waals surface area contributed by atoms with Crippen LogP contribution in [0.3, 0.4) is 0 Å². The smallest absolute Gasteiger partial charge is 0.437 e. The fourth-order valence-electron chi connectivity index (χ4n) is 0.589. The molecule has 0 saturated carbocycles. The molecule has 0 fully saturated rings. The highest BCUT2D eigenvalue weighted by molar-refractivity contribution is 5.63. The Bertz CT molecular complexity index is 256. The van der Waals surface area contributed by atoms with Gasteiger partial charge in [-0.3, -0.25) is 4.68 Å². The molecule has 0 aliphatic carbocycles. The fraction of sp³-hybridized carbons (Fsp3) is 0.333. The van der Waals surface area contributed by atoms with Gasteiger partial charge in [-0.1, -0.05) is 0 Å². The predicted octanol–water partition coefficient (Wildman–Crippen LogP) is 0.565. The Hall–Kier alpha value is -1.52. The molecule has 0 aliphatic heterocycles. The van der Waals surface area contributed by atoms with E-state index in [4.69, 9.17) is 0 Å². The van der Waals surface area contributed by atoms with Crippen molar-refractivity contribution in [2.75, 3.05) is 7.11 Å². The van der Waals surface area contributed by atoms with Crippen molar-refractivity contribution >= 4 is 6.16 Å². The third-order valence-corrected chi connectivity index (χ3v) is 1.05. The Morgan fingerprint density at radius 1 is 1.73 bits per heavy atom. The van der Waals surface area contributed by atoms with Crippen molar-refractivity contribution in [2.45, 2.75) is 0 Å². The normalized spacial score (nSPS) is 9.27. The van der Waals surface area contributed by atoms with Gasteiger partial charge in [-0.15, -0.1) is 0 Å². The minimum Gasteiger partial charge on any atom is -0.437 e. The van der Waals surface area contributed by atoms with Crippen molar-refractivity contribution < 1.29 is 14.3 Å². The molecule has 1 aromatic rings. The highest BCUT2D eigenvalue weighted by Gasteiger charge is 2.03. The first kappa shape index (κ1) is 7.59. The number of aryl methyl sites for hydroxylation is 1. The summed E-state index contributed by atoms with van der Waals surface area (Å²) in [6.45, 7) is 0. The molecule has 0 amide bonds. The molecule has 0 spiro atoms. The molecule has 0 atom stereocenters. The zero-order valence-electron chi connectivity index (χ0n) is 6.27. The van der Waals surface area contributed by atoms with Crippen LogP contribution in [0.5, 0.6) is 5.75 Å². The predicted molar refractivity (Wildman–Crippen MR) is 36.2 cm³/mol. The second-order valence-electron chi connectivity index (χ2n) is 1.91. The molecule has 11 heavy (non-hydrogen) atoms. The van der Waals surface area contributed by atoms with Crippen LogP contribution < -0.4 is 4.74 Å². The lowest BCUT2D eigenvalue weighted by Gasteiger charge is -1.96. The maximum Gasteiger partial charge on any atom is 0.513 e. The van der Waals surface area contributed by atoms with E-state index >= 15 is 0 Å². The highest BCUT2D eigenvalue weighted by atomic mass is 16.7. The van der Waals surface area contributed by atoms with E-state index < -0.39 is 6.16 Å². The Balaban J connectivity index is 2.57. The minimum atomic E-state index is -0.738. The molecule has 60 valence electrons. The summed E-state index contributed by atoms with van der Waals surface area (Å²) < 4.78 is 10.4. The van der Waals surface area contributed by atoms with Gasteiger partial charge in [0.05, 0.1) is 19.5 Å². The van der Waals surface area contributed by atoms with Crippen molar-refractivity contribution in [3.8, 4) is 5.75 Å². The molecule has 0 radical (unpaired) electrons. The second kappa shape index (κ2) is 3.05. The largest absolute Gasteiger partial charge is 0.513 e. The van der Waals surface area contributed by atoms with Crippen molar-refractivity contribution in [3.05, 3.63) is 12.4 Å². The number of hydrogen-bond donors (Lipinski definition) is 0. The highest BCUT2D eigenvalue weighted by Crippen LogP contribution is 2.06. The van der Waals surface area contributed by atoms with Crippen molar-refractivity contribution in [2.24, 2.45) is 7.05 Å². The summed E-state index contributed by atoms with van der Waals surface area (Å²) in [5.41, 5.74) is 0. The number of carbonyl (C=O) groups is 1. The van der Waals surface area contributed by atoms with Gasteiger partial charge >= 0.3 is 6.16 Å². The SMILES string of the molecule is COC(=O)Oc1cnn(C)c1. The van der Waals surface area contributed by atoms with Crippen LogP contribution in [0.15, 0.2) is 12.4 Å². The lowest BCUT2D eigenvalue weighted by Crippen LogP contribution is -2.06. The summed E-state index contributed by atoms with van der Waals surface area (Å²) in [5, 5.41) is 3.79. The van der Waals surface area contributed by atoms with Gasteiger partial charge in [-0.2, -0.15) is 5.10 Å². The van der Waals surface area contributed by atoms with E-state index in [1.54, 1.807) is 13.2 Å². The summed E-state index contributed by atoms with van der Waals surface area (Å²) in [6, 6.07) is 0. The molecule has 1 heterocycles. The number of rotatable bonds is 1. The van der Waals surface area contributed by atoms with Gasteiger partial charge < -0.3 is 9.47 Å². The van der Waals surface area contributed by atoms with Gasteiger partial charge in [0.2, 0.25) is 0 Å². The molecule has 0 bridgehead atoms. The number of carbonyl (C=O) groups excluding carboxylic acids is 1. The molecule has 0 aliphatic rings. The number of aromatic nitrogens is 2. The summed E-state index contributed by atoms with van der Waals surface area (Å²) in [7, 11) is 2.98. The number of ether oxygens (including phenoxy) is 2. The molecule has 5 heteroatoms. The molecule has 0 unspecified atom stereocenters. The van der Waals surface area contributed by atoms with Crippen LogP contribution in [0.2, 0.25) is 0 Å². The van der Waals surface area contributed by atoms with Gasteiger partial charge in [-0.05, 0) is 0 Å². The zero-order chi connectivity index (χ0) is 8.27. The number of methoxy groups -OCH3 is 1. The average molecular weight is 156 g/mol. The molecular weight excluding hydrogens is 148 g/mol. The van der Waals surface area contributed by atoms with Crippen LogP contribution in [0.4, 0.5) is 4.79 Å². The molecule has 1 rings (SSSR count). The topological polar surface area (TPSA) is 53.4 Å². The van der Waals surface area contributed by atoms with Crippen molar-refractivity contribution in [1.82, 2.24) is 9.78 Å². The first-order valence-corrected chi connectivity index (χ1v) is 2.97. The van der Waals surface area contributed by atoms with E-state index in [-0.39, 0.29) is 0 Å². The minimum absolute atomic E-state index is 0.374. The molecular formula is C6H8N2O3. The van der Waals surface area contributed by atoms with Gasteiger partial charge in [0.15, 0.2) is 5.75 Å². The quantitative estimate of drug-likeness (QED) is 0.557. The Labute approximate surface area is 63.5 Å². The van der Waals surface area contributed by atoms with Crippen LogP contribution in [0.25, 0.3) is 0 Å². The van der Waals surface area contributed by atoms with Gasteiger partial charge in [0.1, 0.15) is 0 Å². The van der Waals surface area contributed by atoms with Gasteiger partial charge in [0, 0.05) is 7.05 Å². The molecule has 1 aromatic heterocycles. The molecule has 0 N–H and O–H groups in total. The fourth-order valence-corrected chi connectivity index (χ4v) is 0.589. The Kier molecular flexibility index (Phi) is 2.10. The monoisotopic (exact) mass is 156 g/mol. The summed E-state index contributed by atoms with van der Waals surface area (Å²) in [6.07, 6.45) is 2.26. The van der Waals surface area contributed by atoms with E-state index in [2.05, 4.69) is 14.6 Å². The lowest BCUT2D eigenvalue weighted by atomic mass is 10.7. The van der Waals surface area contributed by atoms with Crippen molar-refractivity contribution in [3.63, 3.8) is 0 Å². The second-order valence-corrected chi connectivity index (χ2v) is 1.91. The van der Waals surface area contributed by atoms with E-state index in [9.17, 15) is 4.79 Å². The standard InChI is InChI=1S/C6H8N2O3/c1-8-4-5(3-7-8)11-6(9)10-2/h3-4H,1-2H3. The van der Waals surface area contributed by atoms with Crippen LogP contribution >= 0.6 is 0 Å². The Morgan fingerprint density at radius 2 is 2.45 bits per heavy atom. The van der Waals surface area contributed by atoms with E-state index in [1.807, 2.05) is 0 Å². The van der Waals surface area contributed by atoms with Crippen LogP contribution in [-0.2, 0) is 11.8 Å². The number of nitrogens with zero attached hydrogens (tertiary/aromatic N) is 2. The third-order valence-electron chi connectivity index (χ3n) is 1.05. The van der Waals surface area contributed by atoms with Gasteiger partial charge in [-0.25, -0.2) is 4.79 Å².